The molecule has 0 aromatic carbocycles. The summed E-state index contributed by atoms with van der Waals surface area (Å²) in [5, 5.41) is 6.55. The SMILES string of the molecule is CCNCc1csc(C2(OCC)CCOCC2)n1. The average Bonchev–Trinajstić information content (AvgIpc) is 2.87. The van der Waals surface area contributed by atoms with Crippen molar-refractivity contribution in [2.45, 2.75) is 38.8 Å². The summed E-state index contributed by atoms with van der Waals surface area (Å²) in [6.07, 6.45) is 1.82. The van der Waals surface area contributed by atoms with Crippen LogP contribution in [0.15, 0.2) is 5.38 Å². The zero-order valence-corrected chi connectivity index (χ0v) is 12.0. The molecule has 0 saturated carbocycles. The fraction of sp³-hybridized carbons (Fsp3) is 0.769. The summed E-state index contributed by atoms with van der Waals surface area (Å²) >= 11 is 1.71. The quantitative estimate of drug-likeness (QED) is 0.861. The fourth-order valence-corrected chi connectivity index (χ4v) is 3.28. The number of ether oxygens (including phenoxy) is 2. The van der Waals surface area contributed by atoms with E-state index in [1.54, 1.807) is 11.3 Å². The monoisotopic (exact) mass is 270 g/mol. The van der Waals surface area contributed by atoms with Crippen LogP contribution < -0.4 is 5.32 Å². The van der Waals surface area contributed by atoms with Crippen molar-refractivity contribution in [2.75, 3.05) is 26.4 Å². The summed E-state index contributed by atoms with van der Waals surface area (Å²) in [4.78, 5) is 4.74. The number of nitrogens with zero attached hydrogens (tertiary/aromatic N) is 1. The number of thiazole rings is 1. The van der Waals surface area contributed by atoms with E-state index >= 15 is 0 Å². The molecular formula is C13H22N2O2S. The van der Waals surface area contributed by atoms with Crippen molar-refractivity contribution in [3.63, 3.8) is 0 Å². The highest BCUT2D eigenvalue weighted by atomic mass is 32.1. The van der Waals surface area contributed by atoms with Gasteiger partial charge >= 0.3 is 0 Å². The maximum Gasteiger partial charge on any atom is 0.125 e. The molecule has 1 fully saturated rings. The highest BCUT2D eigenvalue weighted by molar-refractivity contribution is 7.09. The van der Waals surface area contributed by atoms with Crippen LogP contribution in [0.4, 0.5) is 0 Å². The third kappa shape index (κ3) is 3.09. The first-order valence-electron chi connectivity index (χ1n) is 6.68. The summed E-state index contributed by atoms with van der Waals surface area (Å²) < 4.78 is 11.5. The maximum atomic E-state index is 6.02. The van der Waals surface area contributed by atoms with Gasteiger partial charge in [-0.25, -0.2) is 4.98 Å². The second-order valence-corrected chi connectivity index (χ2v) is 5.32. The van der Waals surface area contributed by atoms with E-state index in [4.69, 9.17) is 14.5 Å². The Morgan fingerprint density at radius 3 is 2.89 bits per heavy atom. The highest BCUT2D eigenvalue weighted by Gasteiger charge is 2.37. The van der Waals surface area contributed by atoms with E-state index in [-0.39, 0.29) is 5.60 Å². The Morgan fingerprint density at radius 1 is 1.44 bits per heavy atom. The van der Waals surface area contributed by atoms with Gasteiger partial charge in [0.25, 0.3) is 0 Å². The Kier molecular flexibility index (Phi) is 5.12. The van der Waals surface area contributed by atoms with Crippen LogP contribution in [-0.2, 0) is 21.6 Å². The van der Waals surface area contributed by atoms with Crippen LogP contribution in [0.2, 0.25) is 0 Å². The summed E-state index contributed by atoms with van der Waals surface area (Å²) in [5.74, 6) is 0. The highest BCUT2D eigenvalue weighted by Crippen LogP contribution is 2.37. The van der Waals surface area contributed by atoms with Gasteiger partial charge in [0.05, 0.1) is 5.69 Å². The van der Waals surface area contributed by atoms with Gasteiger partial charge in [-0.05, 0) is 13.5 Å². The van der Waals surface area contributed by atoms with Gasteiger partial charge in [0.2, 0.25) is 0 Å². The van der Waals surface area contributed by atoms with E-state index in [0.717, 1.165) is 56.5 Å². The van der Waals surface area contributed by atoms with E-state index in [9.17, 15) is 0 Å². The first kappa shape index (κ1) is 13.9. The van der Waals surface area contributed by atoms with E-state index in [1.807, 2.05) is 6.92 Å². The van der Waals surface area contributed by atoms with Gasteiger partial charge in [0.15, 0.2) is 0 Å². The minimum absolute atomic E-state index is 0.206. The lowest BCUT2D eigenvalue weighted by atomic mass is 9.95. The molecule has 0 bridgehead atoms. The summed E-state index contributed by atoms with van der Waals surface area (Å²) in [5.41, 5.74) is 0.907. The number of aromatic nitrogens is 1. The van der Waals surface area contributed by atoms with Crippen LogP contribution in [0.3, 0.4) is 0 Å². The normalized spacial score (nSPS) is 19.0. The molecule has 0 amide bonds. The largest absolute Gasteiger partial charge is 0.381 e. The number of nitrogens with one attached hydrogen (secondary N) is 1. The molecule has 2 heterocycles. The first-order valence-corrected chi connectivity index (χ1v) is 7.56. The molecule has 1 N–H and O–H groups in total. The topological polar surface area (TPSA) is 43.4 Å². The molecule has 1 saturated heterocycles. The van der Waals surface area contributed by atoms with E-state index < -0.39 is 0 Å². The first-order chi connectivity index (χ1) is 8.80. The Labute approximate surface area is 113 Å². The summed E-state index contributed by atoms with van der Waals surface area (Å²) in [6, 6.07) is 0. The predicted octanol–water partition coefficient (Wildman–Crippen LogP) is 2.29. The third-order valence-corrected chi connectivity index (χ3v) is 4.30. The van der Waals surface area contributed by atoms with E-state index in [2.05, 4.69) is 17.6 Å². The molecule has 1 aromatic heterocycles. The van der Waals surface area contributed by atoms with Crippen LogP contribution in [0.1, 0.15) is 37.4 Å². The minimum atomic E-state index is -0.206. The molecule has 0 atom stereocenters. The van der Waals surface area contributed by atoms with Crippen LogP contribution in [0.5, 0.6) is 0 Å². The molecular weight excluding hydrogens is 248 g/mol. The lowest BCUT2D eigenvalue weighted by Gasteiger charge is -2.35. The zero-order valence-electron chi connectivity index (χ0n) is 11.2. The summed E-state index contributed by atoms with van der Waals surface area (Å²) in [6.45, 7) is 8.22. The molecule has 5 heteroatoms. The standard InChI is InChI=1S/C13H22N2O2S/c1-3-14-9-11-10-18-12(15-11)13(17-4-2)5-7-16-8-6-13/h10,14H,3-9H2,1-2H3. The number of rotatable bonds is 6. The smallest absolute Gasteiger partial charge is 0.125 e. The van der Waals surface area contributed by atoms with Crippen molar-refractivity contribution < 1.29 is 9.47 Å². The molecule has 1 aromatic rings. The molecule has 0 spiro atoms. The van der Waals surface area contributed by atoms with Gasteiger partial charge in [-0.2, -0.15) is 0 Å². The van der Waals surface area contributed by atoms with Crippen molar-refractivity contribution in [3.8, 4) is 0 Å². The fourth-order valence-electron chi connectivity index (χ4n) is 2.25. The number of hydrogen-bond acceptors (Lipinski definition) is 5. The Balaban J connectivity index is 2.12. The average molecular weight is 270 g/mol. The van der Waals surface area contributed by atoms with Crippen molar-refractivity contribution in [2.24, 2.45) is 0 Å². The molecule has 1 aliphatic heterocycles. The molecule has 2 rings (SSSR count). The van der Waals surface area contributed by atoms with Crippen LogP contribution in [-0.4, -0.2) is 31.3 Å². The molecule has 0 aliphatic carbocycles. The molecule has 18 heavy (non-hydrogen) atoms. The predicted molar refractivity (Wildman–Crippen MR) is 72.9 cm³/mol. The zero-order chi connectivity index (χ0) is 12.8. The van der Waals surface area contributed by atoms with Gasteiger partial charge in [-0.15, -0.1) is 11.3 Å². The van der Waals surface area contributed by atoms with Gasteiger partial charge in [0.1, 0.15) is 10.6 Å². The second-order valence-electron chi connectivity index (χ2n) is 4.46. The Hall–Kier alpha value is -0.490. The minimum Gasteiger partial charge on any atom is -0.381 e. The molecule has 0 unspecified atom stereocenters. The molecule has 1 aliphatic rings. The maximum absolute atomic E-state index is 6.02. The summed E-state index contributed by atoms with van der Waals surface area (Å²) in [7, 11) is 0. The van der Waals surface area contributed by atoms with Crippen molar-refractivity contribution in [1.82, 2.24) is 10.3 Å². The molecule has 102 valence electrons. The third-order valence-electron chi connectivity index (χ3n) is 3.22. The lowest BCUT2D eigenvalue weighted by Crippen LogP contribution is -2.36. The van der Waals surface area contributed by atoms with Crippen molar-refractivity contribution in [1.29, 1.82) is 0 Å². The molecule has 0 radical (unpaired) electrons. The van der Waals surface area contributed by atoms with E-state index in [1.165, 1.54) is 0 Å². The Morgan fingerprint density at radius 2 is 2.22 bits per heavy atom. The van der Waals surface area contributed by atoms with Crippen LogP contribution in [0, 0.1) is 0 Å². The lowest BCUT2D eigenvalue weighted by molar-refractivity contribution is -0.112. The Bertz CT molecular complexity index is 356. The van der Waals surface area contributed by atoms with Gasteiger partial charge < -0.3 is 14.8 Å². The van der Waals surface area contributed by atoms with Crippen molar-refractivity contribution >= 4 is 11.3 Å². The van der Waals surface area contributed by atoms with Crippen LogP contribution >= 0.6 is 11.3 Å². The second kappa shape index (κ2) is 6.61. The van der Waals surface area contributed by atoms with E-state index in [0.29, 0.717) is 0 Å². The van der Waals surface area contributed by atoms with Crippen LogP contribution in [0.25, 0.3) is 0 Å². The number of hydrogen-bond donors (Lipinski definition) is 1. The van der Waals surface area contributed by atoms with Gasteiger partial charge in [0, 0.05) is 44.6 Å². The van der Waals surface area contributed by atoms with Crippen molar-refractivity contribution in [3.05, 3.63) is 16.1 Å². The van der Waals surface area contributed by atoms with Gasteiger partial charge in [-0.3, -0.25) is 0 Å². The van der Waals surface area contributed by atoms with Gasteiger partial charge in [-0.1, -0.05) is 6.92 Å². The molecule has 4 nitrogen and oxygen atoms in total.